The number of primary amides is 2. The Hall–Kier alpha value is -5.01. The topological polar surface area (TPSA) is 226 Å². The summed E-state index contributed by atoms with van der Waals surface area (Å²) in [5.74, 6) is -4.55. The lowest BCUT2D eigenvalue weighted by atomic mass is 9.97. The molecule has 7 N–H and O–H groups in total. The van der Waals surface area contributed by atoms with E-state index in [0.29, 0.717) is 12.0 Å². The number of nitrogens with one attached hydrogen (secondary N) is 3. The Morgan fingerprint density at radius 2 is 1.82 bits per heavy atom. The zero-order valence-corrected chi connectivity index (χ0v) is 21.2. The molecule has 0 fully saturated rings. The van der Waals surface area contributed by atoms with E-state index in [-0.39, 0.29) is 34.9 Å². The molecule has 5 amide bonds. The number of nitro groups is 1. The van der Waals surface area contributed by atoms with Crippen molar-refractivity contribution in [1.82, 2.24) is 10.6 Å². The molecular weight excluding hydrogens is 512 g/mol. The number of ether oxygens (including phenoxy) is 1. The van der Waals surface area contributed by atoms with Crippen molar-refractivity contribution >= 4 is 40.9 Å². The number of amides is 5. The van der Waals surface area contributed by atoms with Gasteiger partial charge in [-0.3, -0.25) is 34.1 Å². The molecular formula is C25H28N6O8. The first kappa shape index (κ1) is 28.6. The van der Waals surface area contributed by atoms with Crippen molar-refractivity contribution in [2.24, 2.45) is 17.4 Å². The average Bonchev–Trinajstić information content (AvgIpc) is 2.88. The SMILES string of the molecule is CC[C@H](C)[C@@H]1NC(=O)c2cc([N+](=O)[O-])ccc2OCc2ccc(C(N)=O)cc2NC(=O)[C@H](CC(N)=O)NC1=O. The zero-order chi connectivity index (χ0) is 28.9. The molecule has 2 aromatic carbocycles. The number of nitro benzene ring substituents is 1. The predicted octanol–water partition coefficient (Wildman–Crippen LogP) is 0.730. The summed E-state index contributed by atoms with van der Waals surface area (Å²) in [6, 6.07) is 4.94. The third kappa shape index (κ3) is 6.85. The molecule has 1 aliphatic rings. The molecule has 14 nitrogen and oxygen atoms in total. The van der Waals surface area contributed by atoms with E-state index in [4.69, 9.17) is 16.2 Å². The molecule has 3 rings (SSSR count). The van der Waals surface area contributed by atoms with Crippen LogP contribution in [0.3, 0.4) is 0 Å². The van der Waals surface area contributed by atoms with Crippen molar-refractivity contribution in [2.45, 2.75) is 45.4 Å². The molecule has 0 unspecified atom stereocenters. The van der Waals surface area contributed by atoms with Crippen LogP contribution in [0.2, 0.25) is 0 Å². The van der Waals surface area contributed by atoms with Crippen molar-refractivity contribution in [3.8, 4) is 5.75 Å². The molecule has 1 aliphatic heterocycles. The highest BCUT2D eigenvalue weighted by atomic mass is 16.6. The lowest BCUT2D eigenvalue weighted by Gasteiger charge is -2.27. The fourth-order valence-corrected chi connectivity index (χ4v) is 3.88. The maximum Gasteiger partial charge on any atom is 0.270 e. The molecule has 2 aromatic rings. The van der Waals surface area contributed by atoms with Gasteiger partial charge in [-0.05, 0) is 24.1 Å². The van der Waals surface area contributed by atoms with E-state index in [1.165, 1.54) is 24.3 Å². The smallest absolute Gasteiger partial charge is 0.270 e. The number of carbonyl (C=O) groups is 5. The molecule has 3 atom stereocenters. The van der Waals surface area contributed by atoms with E-state index < -0.39 is 58.9 Å². The summed E-state index contributed by atoms with van der Waals surface area (Å²) in [5.41, 5.74) is 10.6. The minimum absolute atomic E-state index is 0.0265. The predicted molar refractivity (Wildman–Crippen MR) is 137 cm³/mol. The Morgan fingerprint density at radius 3 is 2.44 bits per heavy atom. The van der Waals surface area contributed by atoms with Crippen LogP contribution in [-0.4, -0.2) is 46.5 Å². The average molecular weight is 541 g/mol. The van der Waals surface area contributed by atoms with Gasteiger partial charge in [0.1, 0.15) is 24.4 Å². The summed E-state index contributed by atoms with van der Waals surface area (Å²) in [7, 11) is 0. The largest absolute Gasteiger partial charge is 0.488 e. The molecule has 0 saturated carbocycles. The number of non-ortho nitro benzene ring substituents is 1. The summed E-state index contributed by atoms with van der Waals surface area (Å²) < 4.78 is 5.81. The van der Waals surface area contributed by atoms with Gasteiger partial charge in [-0.15, -0.1) is 0 Å². The fourth-order valence-electron chi connectivity index (χ4n) is 3.88. The van der Waals surface area contributed by atoms with Gasteiger partial charge in [0, 0.05) is 28.9 Å². The van der Waals surface area contributed by atoms with Crippen molar-refractivity contribution in [3.63, 3.8) is 0 Å². The van der Waals surface area contributed by atoms with Gasteiger partial charge in [0.2, 0.25) is 23.6 Å². The number of hydrogen-bond acceptors (Lipinski definition) is 8. The maximum absolute atomic E-state index is 13.3. The van der Waals surface area contributed by atoms with Crippen LogP contribution in [0.15, 0.2) is 36.4 Å². The third-order valence-corrected chi connectivity index (χ3v) is 6.27. The Labute approximate surface area is 222 Å². The molecule has 14 heteroatoms. The number of benzene rings is 2. The number of nitrogens with two attached hydrogens (primary N) is 2. The minimum atomic E-state index is -1.43. The van der Waals surface area contributed by atoms with E-state index in [2.05, 4.69) is 16.0 Å². The number of hydrogen-bond donors (Lipinski definition) is 5. The summed E-state index contributed by atoms with van der Waals surface area (Å²) in [6.07, 6.45) is -0.123. The highest BCUT2D eigenvalue weighted by Crippen LogP contribution is 2.28. The van der Waals surface area contributed by atoms with Crippen LogP contribution >= 0.6 is 0 Å². The number of nitrogens with zero attached hydrogens (tertiary/aromatic N) is 1. The Balaban J connectivity index is 2.17. The van der Waals surface area contributed by atoms with Crippen LogP contribution in [0.4, 0.5) is 11.4 Å². The van der Waals surface area contributed by atoms with Gasteiger partial charge in [0.05, 0.1) is 16.9 Å². The van der Waals surface area contributed by atoms with Crippen LogP contribution in [-0.2, 0) is 21.0 Å². The number of rotatable bonds is 6. The van der Waals surface area contributed by atoms with E-state index in [0.717, 1.165) is 12.1 Å². The molecule has 0 spiro atoms. The third-order valence-electron chi connectivity index (χ3n) is 6.27. The lowest BCUT2D eigenvalue weighted by molar-refractivity contribution is -0.384. The van der Waals surface area contributed by atoms with Gasteiger partial charge in [-0.25, -0.2) is 0 Å². The molecule has 39 heavy (non-hydrogen) atoms. The quantitative estimate of drug-likeness (QED) is 0.258. The lowest BCUT2D eigenvalue weighted by Crippen LogP contribution is -2.55. The summed E-state index contributed by atoms with van der Waals surface area (Å²) in [5, 5.41) is 19.0. The van der Waals surface area contributed by atoms with E-state index in [1.807, 2.05) is 0 Å². The number of carbonyl (C=O) groups excluding carboxylic acids is 5. The van der Waals surface area contributed by atoms with E-state index >= 15 is 0 Å². The molecule has 0 bridgehead atoms. The highest BCUT2D eigenvalue weighted by Gasteiger charge is 2.32. The van der Waals surface area contributed by atoms with E-state index in [9.17, 15) is 34.1 Å². The second kappa shape index (κ2) is 12.0. The van der Waals surface area contributed by atoms with Crippen LogP contribution in [0, 0.1) is 16.0 Å². The molecule has 0 saturated heterocycles. The van der Waals surface area contributed by atoms with Crippen LogP contribution < -0.4 is 32.2 Å². The molecule has 0 aromatic heterocycles. The van der Waals surface area contributed by atoms with Gasteiger partial charge < -0.3 is 32.2 Å². The van der Waals surface area contributed by atoms with Crippen LogP contribution in [0.25, 0.3) is 0 Å². The Kier molecular flexibility index (Phi) is 8.80. The monoisotopic (exact) mass is 540 g/mol. The van der Waals surface area contributed by atoms with Gasteiger partial charge in [0.25, 0.3) is 11.6 Å². The van der Waals surface area contributed by atoms with Gasteiger partial charge >= 0.3 is 0 Å². The standard InChI is InChI=1S/C25H28N6O8/c1-3-12(2)21-25(36)29-18(10-20(26)32)24(35)28-17-8-13(22(27)33)4-5-14(17)11-39-19-7-6-15(31(37)38)9-16(19)23(34)30-21/h4-9,12,18,21H,3,10-11H2,1-2H3,(H2,26,32)(H2,27,33)(H,28,35)(H,29,36)(H,30,34)/t12-,18-,21-/m0/s1. The Morgan fingerprint density at radius 1 is 1.10 bits per heavy atom. The summed E-state index contributed by atoms with van der Waals surface area (Å²) in [6.45, 7) is 3.22. The summed E-state index contributed by atoms with van der Waals surface area (Å²) >= 11 is 0. The number of fused-ring (bicyclic) bond motifs is 2. The molecule has 1 heterocycles. The molecule has 206 valence electrons. The first-order valence-electron chi connectivity index (χ1n) is 12.0. The van der Waals surface area contributed by atoms with Gasteiger partial charge in [0.15, 0.2) is 0 Å². The number of anilines is 1. The second-order valence-electron chi connectivity index (χ2n) is 9.02. The van der Waals surface area contributed by atoms with Crippen molar-refractivity contribution in [2.75, 3.05) is 5.32 Å². The molecule has 0 radical (unpaired) electrons. The maximum atomic E-state index is 13.3. The van der Waals surface area contributed by atoms with Crippen LogP contribution in [0.1, 0.15) is 53.0 Å². The van der Waals surface area contributed by atoms with Crippen molar-refractivity contribution in [3.05, 3.63) is 63.2 Å². The fraction of sp³-hybridized carbons (Fsp3) is 0.320. The van der Waals surface area contributed by atoms with Crippen LogP contribution in [0.5, 0.6) is 5.75 Å². The van der Waals surface area contributed by atoms with E-state index in [1.54, 1.807) is 13.8 Å². The minimum Gasteiger partial charge on any atom is -0.488 e. The normalized spacial score (nSPS) is 18.6. The van der Waals surface area contributed by atoms with Crippen molar-refractivity contribution < 1.29 is 33.6 Å². The second-order valence-corrected chi connectivity index (χ2v) is 9.02. The highest BCUT2D eigenvalue weighted by molar-refractivity contribution is 6.04. The first-order valence-corrected chi connectivity index (χ1v) is 12.0. The van der Waals surface area contributed by atoms with Gasteiger partial charge in [-0.1, -0.05) is 26.3 Å². The Bertz CT molecular complexity index is 1340. The first-order chi connectivity index (χ1) is 18.4. The van der Waals surface area contributed by atoms with Gasteiger partial charge in [-0.2, -0.15) is 0 Å². The summed E-state index contributed by atoms with van der Waals surface area (Å²) in [4.78, 5) is 74.0. The molecule has 0 aliphatic carbocycles. The van der Waals surface area contributed by atoms with Crippen molar-refractivity contribution in [1.29, 1.82) is 0 Å². The zero-order valence-electron chi connectivity index (χ0n) is 21.2.